The van der Waals surface area contributed by atoms with Gasteiger partial charge in [0.25, 0.3) is 0 Å². The Labute approximate surface area is 376 Å². The molecule has 11 aromatic rings. The van der Waals surface area contributed by atoms with Gasteiger partial charge in [-0.05, 0) is 0 Å². The van der Waals surface area contributed by atoms with Gasteiger partial charge >= 0.3 is 342 Å². The Morgan fingerprint density at radius 2 is 0.734 bits per heavy atom. The predicted molar refractivity (Wildman–Crippen MR) is 269 cm³/mol. The van der Waals surface area contributed by atoms with E-state index in [1.54, 1.807) is 0 Å². The number of nitrogens with zero attached hydrogens (tertiary/aromatic N) is 4. The number of fused-ring (bicyclic) bond motifs is 3. The Kier molecular flexibility index (Phi) is 10.1. The normalized spacial score (nSPS) is 11.6. The average Bonchev–Trinajstić information content (AvgIpc) is 3.67. The molecule has 0 fully saturated rings. The molecule has 11 rings (SSSR count). The van der Waals surface area contributed by atoms with Crippen LogP contribution in [0, 0.1) is 13.8 Å². The first-order valence-electron chi connectivity index (χ1n) is 21.9. The van der Waals surface area contributed by atoms with Crippen LogP contribution in [0.4, 0.5) is 0 Å². The molecule has 0 unspecified atom stereocenters. The van der Waals surface area contributed by atoms with Crippen molar-refractivity contribution in [2.24, 2.45) is 0 Å². The van der Waals surface area contributed by atoms with Crippen molar-refractivity contribution in [2.75, 3.05) is 0 Å². The fourth-order valence-electron chi connectivity index (χ4n) is 9.52. The Morgan fingerprint density at radius 3 is 1.22 bits per heavy atom. The first-order chi connectivity index (χ1) is 31.5. The van der Waals surface area contributed by atoms with Crippen molar-refractivity contribution in [1.29, 1.82) is 0 Å². The van der Waals surface area contributed by atoms with Crippen LogP contribution in [0.25, 0.3) is 72.8 Å². The second-order valence-electron chi connectivity index (χ2n) is 16.6. The van der Waals surface area contributed by atoms with Crippen LogP contribution >= 0.6 is 0 Å². The van der Waals surface area contributed by atoms with Crippen LogP contribution in [0.5, 0.6) is 0 Å². The number of rotatable bonds is 9. The summed E-state index contributed by atoms with van der Waals surface area (Å²) < 4.78 is 7.96. The van der Waals surface area contributed by atoms with Crippen molar-refractivity contribution in [2.45, 2.75) is 13.8 Å². The molecule has 4 nitrogen and oxygen atoms in total. The van der Waals surface area contributed by atoms with Crippen LogP contribution in [-0.2, 0) is 0 Å². The third kappa shape index (κ3) is 6.93. The molecule has 304 valence electrons. The van der Waals surface area contributed by atoms with Gasteiger partial charge < -0.3 is 0 Å². The van der Waals surface area contributed by atoms with E-state index in [1.165, 1.54) is 39.5 Å². The van der Waals surface area contributed by atoms with E-state index in [0.717, 1.165) is 44.5 Å². The fourth-order valence-corrected chi connectivity index (χ4v) is 19.6. The molecule has 0 bridgehead atoms. The summed E-state index contributed by atoms with van der Waals surface area (Å²) in [4.78, 5) is 15.6. The van der Waals surface area contributed by atoms with Crippen LogP contribution in [0.2, 0.25) is 0 Å². The van der Waals surface area contributed by atoms with E-state index < -0.39 is 13.3 Å². The first-order valence-corrected chi connectivity index (χ1v) is 26.0. The molecule has 5 heteroatoms. The molecule has 9 aromatic carbocycles. The minimum absolute atomic E-state index is 0.614. The summed E-state index contributed by atoms with van der Waals surface area (Å²) in [6.07, 6.45) is 0. The van der Waals surface area contributed by atoms with Gasteiger partial charge in [-0.1, -0.05) is 36.4 Å². The van der Waals surface area contributed by atoms with Gasteiger partial charge in [0.15, 0.2) is 0 Å². The maximum atomic E-state index is 5.28. The van der Waals surface area contributed by atoms with Crippen LogP contribution in [0.1, 0.15) is 11.1 Å². The molecule has 2 heterocycles. The van der Waals surface area contributed by atoms with E-state index >= 15 is 0 Å². The van der Waals surface area contributed by atoms with E-state index in [-0.39, 0.29) is 0 Å². The molecular weight excluding hydrogens is 837 g/mol. The molecule has 0 aliphatic rings. The van der Waals surface area contributed by atoms with Gasteiger partial charge in [-0.15, -0.1) is 0 Å². The molecule has 0 atom stereocenters. The van der Waals surface area contributed by atoms with Gasteiger partial charge in [-0.3, -0.25) is 0 Å². The number of hydrogen-bond acceptors (Lipinski definition) is 3. The minimum atomic E-state index is -3.56. The van der Waals surface area contributed by atoms with Crippen LogP contribution < -0.4 is 17.6 Å². The molecule has 0 amide bonds. The Balaban J connectivity index is 1.19. The zero-order valence-corrected chi connectivity index (χ0v) is 37.8. The van der Waals surface area contributed by atoms with Crippen molar-refractivity contribution in [1.82, 2.24) is 19.5 Å². The standard InChI is InChI=1S/C59H44GeN4/c1-41-31-35-54-52(37-41)53-38-42(2)32-36-55(53)64(54)56-40-46(33-34-51(56)59-62-57(43-19-8-3-9-20-43)61-58(63-59)44-21-10-4-11-22-44)45-23-18-30-50(39-45)60(47-24-12-5-13-25-47,48-26-14-6-15-27-48)49-28-16-7-17-29-49/h3-40H,1-2H3. The van der Waals surface area contributed by atoms with Gasteiger partial charge in [0.05, 0.1) is 0 Å². The molecule has 0 spiro atoms. The summed E-state index contributed by atoms with van der Waals surface area (Å²) in [7, 11) is 0. The van der Waals surface area contributed by atoms with Gasteiger partial charge in [0.1, 0.15) is 0 Å². The predicted octanol–water partition coefficient (Wildman–Crippen LogP) is 11.6. The van der Waals surface area contributed by atoms with Gasteiger partial charge in [-0.2, -0.15) is 0 Å². The average molecular weight is 882 g/mol. The zero-order valence-electron chi connectivity index (χ0n) is 35.7. The SMILES string of the molecule is Cc1ccc2c(c1)c1cc(C)ccc1n2-c1cc(-c2ccc[c]([Ge]([c]3ccccc3)([c]3ccccc3)[c]3ccccc3)c2)ccc1-c1nc(-c2ccccc2)nc(-c2ccccc2)n1. The topological polar surface area (TPSA) is 43.6 Å². The molecule has 0 radical (unpaired) electrons. The van der Waals surface area contributed by atoms with Gasteiger partial charge in [0, 0.05) is 0 Å². The van der Waals surface area contributed by atoms with Crippen molar-refractivity contribution >= 4 is 52.7 Å². The van der Waals surface area contributed by atoms with Crippen molar-refractivity contribution in [3.05, 3.63) is 242 Å². The third-order valence-corrected chi connectivity index (χ3v) is 22.5. The van der Waals surface area contributed by atoms with E-state index in [1.807, 2.05) is 36.4 Å². The summed E-state index contributed by atoms with van der Waals surface area (Å²) in [5.74, 6) is 1.88. The monoisotopic (exact) mass is 882 g/mol. The summed E-state index contributed by atoms with van der Waals surface area (Å²) in [5, 5.41) is 2.43. The molecule has 0 saturated carbocycles. The zero-order chi connectivity index (χ0) is 43.0. The Bertz CT molecular complexity index is 3230. The third-order valence-electron chi connectivity index (χ3n) is 12.5. The fraction of sp³-hybridized carbons (Fsp3) is 0.0339. The molecule has 0 aliphatic heterocycles. The van der Waals surface area contributed by atoms with Gasteiger partial charge in [-0.25, -0.2) is 0 Å². The van der Waals surface area contributed by atoms with Crippen molar-refractivity contribution in [3.63, 3.8) is 0 Å². The Morgan fingerprint density at radius 1 is 0.328 bits per heavy atom. The van der Waals surface area contributed by atoms with Crippen molar-refractivity contribution < 1.29 is 0 Å². The summed E-state index contributed by atoms with van der Waals surface area (Å²) >= 11 is -3.56. The van der Waals surface area contributed by atoms with Gasteiger partial charge in [0.2, 0.25) is 0 Å². The van der Waals surface area contributed by atoms with Crippen molar-refractivity contribution in [3.8, 4) is 51.0 Å². The second kappa shape index (κ2) is 16.6. The quantitative estimate of drug-likeness (QED) is 0.136. The molecule has 0 N–H and O–H groups in total. The van der Waals surface area contributed by atoms with Crippen LogP contribution in [0.3, 0.4) is 0 Å². The van der Waals surface area contributed by atoms with Crippen LogP contribution in [0.15, 0.2) is 231 Å². The molecule has 64 heavy (non-hydrogen) atoms. The maximum absolute atomic E-state index is 5.28. The second-order valence-corrected chi connectivity index (χ2v) is 24.6. The first kappa shape index (κ1) is 39.2. The molecule has 0 saturated heterocycles. The van der Waals surface area contributed by atoms with Crippen LogP contribution in [-0.4, -0.2) is 32.8 Å². The molecule has 2 aromatic heterocycles. The summed E-state index contributed by atoms with van der Waals surface area (Å²) in [6.45, 7) is 4.34. The van der Waals surface area contributed by atoms with E-state index in [9.17, 15) is 0 Å². The number of benzene rings is 9. The number of aromatic nitrogens is 4. The van der Waals surface area contributed by atoms with E-state index in [0.29, 0.717) is 17.5 Å². The molecular formula is C59H44GeN4. The number of hydrogen-bond donors (Lipinski definition) is 0. The number of aryl methyl sites for hydroxylation is 2. The van der Waals surface area contributed by atoms with E-state index in [2.05, 4.69) is 213 Å². The summed E-state index contributed by atoms with van der Waals surface area (Å²) in [5.41, 5.74) is 10.8. The van der Waals surface area contributed by atoms with E-state index in [4.69, 9.17) is 15.0 Å². The Hall–Kier alpha value is -7.67. The molecule has 0 aliphatic carbocycles. The summed E-state index contributed by atoms with van der Waals surface area (Å²) in [6, 6.07) is 83.7.